The number of carboxylic acids is 1. The fraction of sp³-hybridized carbons (Fsp3) is 0.438. The van der Waals surface area contributed by atoms with Gasteiger partial charge in [0.25, 0.3) is 0 Å². The summed E-state index contributed by atoms with van der Waals surface area (Å²) in [6.45, 7) is 6.04. The zero-order chi connectivity index (χ0) is 15.5. The predicted octanol–water partition coefficient (Wildman–Crippen LogP) is 1.53. The number of hydrogen-bond acceptors (Lipinski definition) is 5. The van der Waals surface area contributed by atoms with E-state index in [9.17, 15) is 4.79 Å². The fourth-order valence-corrected chi connectivity index (χ4v) is 2.82. The number of anilines is 1. The molecule has 0 amide bonds. The topological polar surface area (TPSA) is 69.6 Å². The number of hydrogen-bond donors (Lipinski definition) is 1. The van der Waals surface area contributed by atoms with E-state index >= 15 is 0 Å². The molecule has 0 bridgehead atoms. The maximum atomic E-state index is 10.6. The Hall–Kier alpha value is -2.21. The first-order valence-corrected chi connectivity index (χ1v) is 7.56. The minimum Gasteiger partial charge on any atom is -0.481 e. The van der Waals surface area contributed by atoms with Crippen LogP contribution in [-0.4, -0.2) is 58.7 Å². The molecule has 1 aromatic heterocycles. The molecular weight excluding hydrogens is 280 g/mol. The highest BCUT2D eigenvalue weighted by atomic mass is 16.4. The number of nitrogens with zero attached hydrogens (tertiary/aromatic N) is 4. The van der Waals surface area contributed by atoms with Gasteiger partial charge < -0.3 is 10.0 Å². The number of aliphatic carboxylic acids is 1. The highest BCUT2D eigenvalue weighted by molar-refractivity contribution is 5.76. The number of rotatable bonds is 4. The largest absolute Gasteiger partial charge is 0.481 e. The van der Waals surface area contributed by atoms with Gasteiger partial charge in [0.15, 0.2) is 5.82 Å². The van der Waals surface area contributed by atoms with E-state index in [4.69, 9.17) is 10.1 Å². The lowest BCUT2D eigenvalue weighted by molar-refractivity contribution is -0.137. The summed E-state index contributed by atoms with van der Waals surface area (Å²) < 4.78 is 0. The second-order valence-corrected chi connectivity index (χ2v) is 5.59. The van der Waals surface area contributed by atoms with Crippen molar-refractivity contribution in [2.45, 2.75) is 13.3 Å². The van der Waals surface area contributed by atoms with Crippen molar-refractivity contribution in [2.75, 3.05) is 37.6 Å². The summed E-state index contributed by atoms with van der Waals surface area (Å²) in [5.41, 5.74) is 2.78. The van der Waals surface area contributed by atoms with Crippen molar-refractivity contribution in [3.63, 3.8) is 0 Å². The number of carbonyl (C=O) groups is 1. The second-order valence-electron chi connectivity index (χ2n) is 5.59. The summed E-state index contributed by atoms with van der Waals surface area (Å²) in [5.74, 6) is 0.204. The van der Waals surface area contributed by atoms with Gasteiger partial charge in [-0.05, 0) is 19.1 Å². The van der Waals surface area contributed by atoms with Crippen LogP contribution in [0.4, 0.5) is 5.82 Å². The Morgan fingerprint density at radius 2 is 1.77 bits per heavy atom. The molecule has 1 aliphatic heterocycles. The first-order chi connectivity index (χ1) is 10.6. The molecule has 2 heterocycles. The van der Waals surface area contributed by atoms with E-state index < -0.39 is 5.97 Å². The molecule has 0 saturated carbocycles. The summed E-state index contributed by atoms with van der Waals surface area (Å²) in [6, 6.07) is 7.90. The SMILES string of the molecule is Cc1nc2ccccc2nc1N1CCN(CCC(=O)O)CC1. The normalized spacial score (nSPS) is 16.1. The van der Waals surface area contributed by atoms with Crippen LogP contribution in [0.5, 0.6) is 0 Å². The molecule has 1 fully saturated rings. The Labute approximate surface area is 129 Å². The average molecular weight is 300 g/mol. The van der Waals surface area contributed by atoms with Crippen LogP contribution in [0.1, 0.15) is 12.1 Å². The number of aromatic nitrogens is 2. The fourth-order valence-electron chi connectivity index (χ4n) is 2.82. The summed E-state index contributed by atoms with van der Waals surface area (Å²) >= 11 is 0. The molecule has 0 atom stereocenters. The Bertz CT molecular complexity index is 681. The van der Waals surface area contributed by atoms with Gasteiger partial charge in [-0.3, -0.25) is 9.69 Å². The van der Waals surface area contributed by atoms with Gasteiger partial charge in [-0.15, -0.1) is 0 Å². The van der Waals surface area contributed by atoms with Gasteiger partial charge in [0.1, 0.15) is 0 Å². The molecule has 1 aliphatic rings. The lowest BCUT2D eigenvalue weighted by Crippen LogP contribution is -2.47. The van der Waals surface area contributed by atoms with Crippen LogP contribution in [0.3, 0.4) is 0 Å². The van der Waals surface area contributed by atoms with Crippen molar-refractivity contribution in [1.29, 1.82) is 0 Å². The zero-order valence-corrected chi connectivity index (χ0v) is 12.7. The van der Waals surface area contributed by atoms with E-state index in [0.29, 0.717) is 6.54 Å². The number of fused-ring (bicyclic) bond motifs is 1. The van der Waals surface area contributed by atoms with Crippen LogP contribution in [0.25, 0.3) is 11.0 Å². The number of aryl methyl sites for hydroxylation is 1. The molecule has 0 aliphatic carbocycles. The number of para-hydroxylation sites is 2. The molecule has 1 aromatic carbocycles. The maximum Gasteiger partial charge on any atom is 0.304 e. The molecule has 0 unspecified atom stereocenters. The first-order valence-electron chi connectivity index (χ1n) is 7.56. The smallest absolute Gasteiger partial charge is 0.304 e. The molecule has 0 radical (unpaired) electrons. The van der Waals surface area contributed by atoms with Gasteiger partial charge in [0.05, 0.1) is 23.1 Å². The molecule has 22 heavy (non-hydrogen) atoms. The van der Waals surface area contributed by atoms with Crippen molar-refractivity contribution in [3.8, 4) is 0 Å². The second kappa shape index (κ2) is 6.27. The van der Waals surface area contributed by atoms with E-state index in [1.807, 2.05) is 31.2 Å². The average Bonchev–Trinajstić information content (AvgIpc) is 2.53. The van der Waals surface area contributed by atoms with Crippen LogP contribution in [0.15, 0.2) is 24.3 Å². The van der Waals surface area contributed by atoms with Crippen LogP contribution >= 0.6 is 0 Å². The highest BCUT2D eigenvalue weighted by Crippen LogP contribution is 2.21. The lowest BCUT2D eigenvalue weighted by atomic mass is 10.2. The van der Waals surface area contributed by atoms with Crippen molar-refractivity contribution in [1.82, 2.24) is 14.9 Å². The molecule has 3 rings (SSSR count). The van der Waals surface area contributed by atoms with Gasteiger partial charge in [0.2, 0.25) is 0 Å². The van der Waals surface area contributed by atoms with E-state index in [2.05, 4.69) is 14.8 Å². The molecule has 6 heteroatoms. The van der Waals surface area contributed by atoms with Crippen molar-refractivity contribution >= 4 is 22.8 Å². The standard InChI is InChI=1S/C16H20N4O2/c1-12-16(18-14-5-3-2-4-13(14)17-12)20-10-8-19(9-11-20)7-6-15(21)22/h2-5H,6-11H2,1H3,(H,21,22). The van der Waals surface area contributed by atoms with Crippen molar-refractivity contribution in [2.24, 2.45) is 0 Å². The third-order valence-corrected chi connectivity index (χ3v) is 4.03. The summed E-state index contributed by atoms with van der Waals surface area (Å²) in [4.78, 5) is 24.5. The quantitative estimate of drug-likeness (QED) is 0.923. The lowest BCUT2D eigenvalue weighted by Gasteiger charge is -2.35. The molecule has 116 valence electrons. The monoisotopic (exact) mass is 300 g/mol. The maximum absolute atomic E-state index is 10.6. The molecule has 1 saturated heterocycles. The van der Waals surface area contributed by atoms with Gasteiger partial charge in [-0.25, -0.2) is 9.97 Å². The predicted molar refractivity (Wildman–Crippen MR) is 85.2 cm³/mol. The van der Waals surface area contributed by atoms with Crippen LogP contribution < -0.4 is 4.90 Å². The van der Waals surface area contributed by atoms with Gasteiger partial charge in [-0.1, -0.05) is 12.1 Å². The third-order valence-electron chi connectivity index (χ3n) is 4.03. The Morgan fingerprint density at radius 1 is 1.14 bits per heavy atom. The third kappa shape index (κ3) is 3.17. The minimum absolute atomic E-state index is 0.203. The molecule has 2 aromatic rings. The summed E-state index contributed by atoms with van der Waals surface area (Å²) in [6.07, 6.45) is 0.203. The van der Waals surface area contributed by atoms with Crippen LogP contribution in [-0.2, 0) is 4.79 Å². The van der Waals surface area contributed by atoms with E-state index in [1.54, 1.807) is 0 Å². The van der Waals surface area contributed by atoms with Gasteiger partial charge >= 0.3 is 5.97 Å². The van der Waals surface area contributed by atoms with E-state index in [0.717, 1.165) is 48.7 Å². The van der Waals surface area contributed by atoms with Crippen LogP contribution in [0.2, 0.25) is 0 Å². The van der Waals surface area contributed by atoms with E-state index in [1.165, 1.54) is 0 Å². The Balaban J connectivity index is 1.71. The molecule has 0 spiro atoms. The first kappa shape index (κ1) is 14.7. The Morgan fingerprint density at radius 3 is 2.41 bits per heavy atom. The molecule has 6 nitrogen and oxygen atoms in total. The zero-order valence-electron chi connectivity index (χ0n) is 12.7. The van der Waals surface area contributed by atoms with Crippen LogP contribution in [0, 0.1) is 6.92 Å². The minimum atomic E-state index is -0.737. The Kier molecular flexibility index (Phi) is 4.20. The highest BCUT2D eigenvalue weighted by Gasteiger charge is 2.20. The van der Waals surface area contributed by atoms with Crippen molar-refractivity contribution < 1.29 is 9.90 Å². The molecule has 1 N–H and O–H groups in total. The van der Waals surface area contributed by atoms with Gasteiger partial charge in [-0.2, -0.15) is 0 Å². The summed E-state index contributed by atoms with van der Waals surface area (Å²) in [7, 11) is 0. The number of piperazine rings is 1. The molecular formula is C16H20N4O2. The summed E-state index contributed by atoms with van der Waals surface area (Å²) in [5, 5.41) is 8.76. The van der Waals surface area contributed by atoms with Crippen molar-refractivity contribution in [3.05, 3.63) is 30.0 Å². The number of benzene rings is 1. The number of carboxylic acid groups (broad SMARTS) is 1. The van der Waals surface area contributed by atoms with Gasteiger partial charge in [0, 0.05) is 32.7 Å². The van der Waals surface area contributed by atoms with E-state index in [-0.39, 0.29) is 6.42 Å².